The van der Waals surface area contributed by atoms with Gasteiger partial charge in [0.25, 0.3) is 5.69 Å². The lowest BCUT2D eigenvalue weighted by Gasteiger charge is -2.26. The van der Waals surface area contributed by atoms with E-state index in [0.717, 1.165) is 15.9 Å². The Morgan fingerprint density at radius 1 is 0.939 bits per heavy atom. The van der Waals surface area contributed by atoms with Gasteiger partial charge in [-0.05, 0) is 15.8 Å². The topological polar surface area (TPSA) is 65.3 Å². The van der Waals surface area contributed by atoms with Gasteiger partial charge in [-0.25, -0.2) is 4.98 Å². The van der Waals surface area contributed by atoms with Crippen molar-refractivity contribution in [1.82, 2.24) is 4.98 Å². The number of halogens is 1. The van der Waals surface area contributed by atoms with Gasteiger partial charge in [-0.1, -0.05) is 105 Å². The number of benzene rings is 3. The number of pyridine rings is 1. The quantitative estimate of drug-likeness (QED) is 0.219. The van der Waals surface area contributed by atoms with Crippen molar-refractivity contribution in [3.8, 4) is 0 Å². The van der Waals surface area contributed by atoms with Crippen LogP contribution in [0.25, 0.3) is 10.9 Å². The van der Waals surface area contributed by atoms with Gasteiger partial charge in [-0.3, -0.25) is 10.1 Å². The second-order valence-corrected chi connectivity index (χ2v) is 11.7. The number of nitrogens with zero attached hydrogens (tertiary/aromatic N) is 2. The summed E-state index contributed by atoms with van der Waals surface area (Å²) in [5, 5.41) is 15.0. The van der Waals surface area contributed by atoms with Gasteiger partial charge < -0.3 is 4.43 Å². The van der Waals surface area contributed by atoms with Crippen molar-refractivity contribution in [2.24, 2.45) is 0 Å². The summed E-state index contributed by atoms with van der Waals surface area (Å²) in [6.07, 6.45) is 0. The van der Waals surface area contributed by atoms with Crippen molar-refractivity contribution >= 4 is 47.6 Å². The predicted molar refractivity (Wildman–Crippen MR) is 136 cm³/mol. The summed E-state index contributed by atoms with van der Waals surface area (Å²) in [6.45, 7) is 6.40. The Balaban J connectivity index is 1.83. The monoisotopic (exact) mass is 476 g/mol. The van der Waals surface area contributed by atoms with E-state index >= 15 is 0 Å². The Morgan fingerprint density at radius 2 is 1.52 bits per heavy atom. The number of hydrogen-bond donors (Lipinski definition) is 0. The molecule has 0 aliphatic rings. The molecule has 4 aromatic rings. The van der Waals surface area contributed by atoms with Crippen molar-refractivity contribution in [3.63, 3.8) is 0 Å². The van der Waals surface area contributed by atoms with Gasteiger partial charge in [-0.2, -0.15) is 0 Å². The molecule has 1 heterocycles. The van der Waals surface area contributed by atoms with Crippen molar-refractivity contribution < 1.29 is 9.35 Å². The number of aromatic nitrogens is 1. The second kappa shape index (κ2) is 9.43. The molecule has 3 aromatic carbocycles. The molecule has 0 radical (unpaired) electrons. The number of rotatable bonds is 6. The molecule has 4 rings (SSSR count). The Morgan fingerprint density at radius 3 is 2.03 bits per heavy atom. The fourth-order valence-electron chi connectivity index (χ4n) is 4.09. The lowest BCUT2D eigenvalue weighted by molar-refractivity contribution is -0.383. The Kier molecular flexibility index (Phi) is 6.60. The largest absolute Gasteiger partial charge is 0.405 e. The molecule has 0 spiro atoms. The van der Waals surface area contributed by atoms with Crippen LogP contribution in [0.2, 0.25) is 5.02 Å². The van der Waals surface area contributed by atoms with Crippen LogP contribution in [0.4, 0.5) is 5.69 Å². The van der Waals surface area contributed by atoms with E-state index in [-0.39, 0.29) is 23.2 Å². The third-order valence-corrected chi connectivity index (χ3v) is 8.42. The van der Waals surface area contributed by atoms with Gasteiger partial charge in [0, 0.05) is 17.0 Å². The SMILES string of the molecule is CC(C)(C)c1c(CO[SiH](c2ccccc2)c2ccccc2)nc2c([N+](=O)[O-])cccc2c1Cl. The second-order valence-electron chi connectivity index (χ2n) is 8.94. The zero-order chi connectivity index (χ0) is 23.6. The van der Waals surface area contributed by atoms with E-state index in [2.05, 4.69) is 45.0 Å². The van der Waals surface area contributed by atoms with Gasteiger partial charge >= 0.3 is 0 Å². The van der Waals surface area contributed by atoms with Gasteiger partial charge in [0.15, 0.2) is 0 Å². The Bertz CT molecular complexity index is 1250. The van der Waals surface area contributed by atoms with Gasteiger partial charge in [0.1, 0.15) is 5.52 Å². The average Bonchev–Trinajstić information content (AvgIpc) is 2.79. The highest BCUT2D eigenvalue weighted by Crippen LogP contribution is 2.39. The molecule has 1 aromatic heterocycles. The number of para-hydroxylation sites is 1. The van der Waals surface area contributed by atoms with Crippen LogP contribution in [0, 0.1) is 10.1 Å². The standard InChI is InChI=1S/C26H25ClN2O3Si/c1-26(2,3)23-21(28-25-20(24(23)27)15-10-16-22(25)29(30)31)17-32-33(18-11-6-4-7-12-18)19-13-8-5-9-14-19/h4-16,33H,17H2,1-3H3. The minimum atomic E-state index is -2.02. The molecule has 168 valence electrons. The van der Waals surface area contributed by atoms with Gasteiger partial charge in [0.2, 0.25) is 9.04 Å². The van der Waals surface area contributed by atoms with Gasteiger partial charge in [0.05, 0.1) is 22.2 Å². The molecule has 33 heavy (non-hydrogen) atoms. The zero-order valence-corrected chi connectivity index (χ0v) is 20.7. The first-order chi connectivity index (χ1) is 15.8. The van der Waals surface area contributed by atoms with Crippen molar-refractivity contribution in [2.45, 2.75) is 32.8 Å². The smallest absolute Gasteiger partial charge is 0.295 e. The number of non-ortho nitro benzene ring substituents is 1. The highest BCUT2D eigenvalue weighted by molar-refractivity contribution is 6.80. The number of nitro groups is 1. The maximum absolute atomic E-state index is 11.7. The Hall–Kier alpha value is -3.06. The normalized spacial score (nSPS) is 11.8. The highest BCUT2D eigenvalue weighted by Gasteiger charge is 2.28. The number of fused-ring (bicyclic) bond motifs is 1. The summed E-state index contributed by atoms with van der Waals surface area (Å²) in [6, 6.07) is 25.2. The van der Waals surface area contributed by atoms with E-state index in [1.807, 2.05) is 36.4 Å². The van der Waals surface area contributed by atoms with E-state index in [1.54, 1.807) is 12.1 Å². The first kappa shape index (κ1) is 23.1. The number of nitro benzene ring substituents is 1. The molecular formula is C26H25ClN2O3Si. The van der Waals surface area contributed by atoms with Crippen LogP contribution in [-0.2, 0) is 16.4 Å². The molecule has 0 N–H and O–H groups in total. The summed E-state index contributed by atoms with van der Waals surface area (Å²) < 4.78 is 6.59. The molecule has 0 unspecified atom stereocenters. The van der Waals surface area contributed by atoms with Crippen molar-refractivity contribution in [3.05, 3.63) is 105 Å². The number of hydrogen-bond acceptors (Lipinski definition) is 4. The maximum atomic E-state index is 11.7. The first-order valence-electron chi connectivity index (χ1n) is 10.7. The lowest BCUT2D eigenvalue weighted by Crippen LogP contribution is -2.44. The predicted octanol–water partition coefficient (Wildman–Crippen LogP) is 5.15. The van der Waals surface area contributed by atoms with Crippen LogP contribution in [0.5, 0.6) is 0 Å². The zero-order valence-electron chi connectivity index (χ0n) is 18.8. The van der Waals surface area contributed by atoms with Crippen LogP contribution in [0.3, 0.4) is 0 Å². The lowest BCUT2D eigenvalue weighted by atomic mass is 9.85. The van der Waals surface area contributed by atoms with Crippen molar-refractivity contribution in [2.75, 3.05) is 0 Å². The van der Waals surface area contributed by atoms with Crippen LogP contribution in [0.15, 0.2) is 78.9 Å². The molecule has 0 saturated heterocycles. The minimum Gasteiger partial charge on any atom is -0.405 e. The third kappa shape index (κ3) is 4.83. The molecule has 7 heteroatoms. The molecular weight excluding hydrogens is 452 g/mol. The molecule has 0 amide bonds. The summed E-state index contributed by atoms with van der Waals surface area (Å²) in [5.41, 5.74) is 1.40. The molecule has 0 saturated carbocycles. The van der Waals surface area contributed by atoms with E-state index < -0.39 is 14.0 Å². The van der Waals surface area contributed by atoms with E-state index in [1.165, 1.54) is 6.07 Å². The fourth-order valence-corrected chi connectivity index (χ4v) is 6.88. The molecule has 0 bridgehead atoms. The van der Waals surface area contributed by atoms with Crippen molar-refractivity contribution in [1.29, 1.82) is 0 Å². The van der Waals surface area contributed by atoms with Crippen LogP contribution >= 0.6 is 11.6 Å². The summed E-state index contributed by atoms with van der Waals surface area (Å²) in [4.78, 5) is 16.0. The summed E-state index contributed by atoms with van der Waals surface area (Å²) >= 11 is 6.85. The van der Waals surface area contributed by atoms with E-state index in [4.69, 9.17) is 21.0 Å². The minimum absolute atomic E-state index is 0.0592. The summed E-state index contributed by atoms with van der Waals surface area (Å²) in [5.74, 6) is 0. The summed E-state index contributed by atoms with van der Waals surface area (Å²) in [7, 11) is -2.02. The van der Waals surface area contributed by atoms with Gasteiger partial charge in [-0.15, -0.1) is 0 Å². The molecule has 0 aliphatic heterocycles. The van der Waals surface area contributed by atoms with Crippen LogP contribution < -0.4 is 10.4 Å². The molecule has 5 nitrogen and oxygen atoms in total. The Labute approximate surface area is 199 Å². The first-order valence-corrected chi connectivity index (χ1v) is 12.7. The molecule has 0 atom stereocenters. The maximum Gasteiger partial charge on any atom is 0.295 e. The van der Waals surface area contributed by atoms with Crippen LogP contribution in [-0.4, -0.2) is 18.9 Å². The third-order valence-electron chi connectivity index (χ3n) is 5.54. The average molecular weight is 477 g/mol. The molecule has 0 aliphatic carbocycles. The van der Waals surface area contributed by atoms with E-state index in [0.29, 0.717) is 16.1 Å². The highest BCUT2D eigenvalue weighted by atomic mass is 35.5. The van der Waals surface area contributed by atoms with Crippen LogP contribution in [0.1, 0.15) is 32.0 Å². The van der Waals surface area contributed by atoms with E-state index in [9.17, 15) is 10.1 Å². The fraction of sp³-hybridized carbons (Fsp3) is 0.192. The molecule has 0 fully saturated rings.